The first kappa shape index (κ1) is 17.5. The SMILES string of the molecule is CC(=O)OCC1Cc2cc(F)c(-c3ccc(O)cc3)cc2N(C2CC2)C1=O. The van der Waals surface area contributed by atoms with Crippen LogP contribution in [0.25, 0.3) is 11.1 Å². The van der Waals surface area contributed by atoms with Crippen LogP contribution in [0.3, 0.4) is 0 Å². The van der Waals surface area contributed by atoms with Crippen molar-refractivity contribution in [3.05, 3.63) is 47.8 Å². The van der Waals surface area contributed by atoms with Crippen LogP contribution in [0.2, 0.25) is 0 Å². The number of ether oxygens (including phenoxy) is 1. The number of carbonyl (C=O) groups excluding carboxylic acids is 2. The Labute approximate surface area is 156 Å². The third kappa shape index (κ3) is 3.39. The van der Waals surface area contributed by atoms with Crippen molar-refractivity contribution < 1.29 is 23.8 Å². The summed E-state index contributed by atoms with van der Waals surface area (Å²) in [5.74, 6) is -1.26. The predicted octanol–water partition coefficient (Wildman–Crippen LogP) is 3.43. The molecule has 1 heterocycles. The molecule has 140 valence electrons. The molecule has 1 amide bonds. The number of nitrogens with zero attached hydrogens (tertiary/aromatic N) is 1. The average Bonchev–Trinajstić information content (AvgIpc) is 3.45. The molecular weight excluding hydrogens is 349 g/mol. The molecule has 1 unspecified atom stereocenters. The second-order valence-electron chi connectivity index (χ2n) is 7.15. The second-order valence-corrected chi connectivity index (χ2v) is 7.15. The number of carbonyl (C=O) groups is 2. The minimum atomic E-state index is -0.485. The van der Waals surface area contributed by atoms with Crippen molar-refractivity contribution in [2.45, 2.75) is 32.2 Å². The number of fused-ring (bicyclic) bond motifs is 1. The van der Waals surface area contributed by atoms with E-state index in [1.807, 2.05) is 0 Å². The lowest BCUT2D eigenvalue weighted by atomic mass is 9.89. The van der Waals surface area contributed by atoms with Gasteiger partial charge in [-0.25, -0.2) is 4.39 Å². The van der Waals surface area contributed by atoms with Gasteiger partial charge in [0, 0.05) is 24.2 Å². The van der Waals surface area contributed by atoms with Crippen molar-refractivity contribution in [3.8, 4) is 16.9 Å². The van der Waals surface area contributed by atoms with E-state index in [4.69, 9.17) is 4.74 Å². The molecule has 1 saturated carbocycles. The molecule has 0 saturated heterocycles. The Morgan fingerprint density at radius 1 is 1.26 bits per heavy atom. The van der Waals surface area contributed by atoms with Crippen LogP contribution in [-0.2, 0) is 20.7 Å². The van der Waals surface area contributed by atoms with Crippen molar-refractivity contribution in [2.24, 2.45) is 5.92 Å². The minimum absolute atomic E-state index is 0.0121. The fourth-order valence-electron chi connectivity index (χ4n) is 3.58. The number of hydrogen-bond acceptors (Lipinski definition) is 4. The highest BCUT2D eigenvalue weighted by molar-refractivity contribution is 6.00. The standard InChI is InChI=1S/C21H20FNO4/c1-12(24)27-11-15-8-14-9-19(22)18(13-2-6-17(25)7-3-13)10-20(14)23(21(15)26)16-4-5-16/h2-3,6-7,9-10,15-16,25H,4-5,8,11H2,1H3. The fraction of sp³-hybridized carbons (Fsp3) is 0.333. The molecule has 2 aromatic rings. The van der Waals surface area contributed by atoms with Gasteiger partial charge in [-0.1, -0.05) is 12.1 Å². The quantitative estimate of drug-likeness (QED) is 0.839. The van der Waals surface area contributed by atoms with Gasteiger partial charge in [0.2, 0.25) is 5.91 Å². The molecule has 1 fully saturated rings. The molecule has 0 spiro atoms. The van der Waals surface area contributed by atoms with Crippen molar-refractivity contribution in [3.63, 3.8) is 0 Å². The van der Waals surface area contributed by atoms with Crippen molar-refractivity contribution in [1.82, 2.24) is 0 Å². The zero-order valence-corrected chi connectivity index (χ0v) is 14.9. The normalized spacial score (nSPS) is 19.0. The predicted molar refractivity (Wildman–Crippen MR) is 97.8 cm³/mol. The highest BCUT2D eigenvalue weighted by atomic mass is 19.1. The third-order valence-corrected chi connectivity index (χ3v) is 5.06. The lowest BCUT2D eigenvalue weighted by Crippen LogP contribution is -2.44. The average molecular weight is 369 g/mol. The monoisotopic (exact) mass is 369 g/mol. The number of aromatic hydroxyl groups is 1. The molecule has 2 aliphatic rings. The summed E-state index contributed by atoms with van der Waals surface area (Å²) >= 11 is 0. The van der Waals surface area contributed by atoms with Crippen LogP contribution in [0.1, 0.15) is 25.3 Å². The van der Waals surface area contributed by atoms with Gasteiger partial charge < -0.3 is 14.7 Å². The van der Waals surface area contributed by atoms with Gasteiger partial charge in [-0.3, -0.25) is 9.59 Å². The molecule has 1 atom stereocenters. The van der Waals surface area contributed by atoms with Crippen molar-refractivity contribution in [2.75, 3.05) is 11.5 Å². The largest absolute Gasteiger partial charge is 0.508 e. The number of rotatable bonds is 4. The lowest BCUT2D eigenvalue weighted by molar-refractivity contribution is -0.143. The second kappa shape index (κ2) is 6.68. The number of esters is 1. The van der Waals surface area contributed by atoms with Gasteiger partial charge in [-0.05, 0) is 54.7 Å². The Hall–Kier alpha value is -2.89. The molecule has 0 bridgehead atoms. The highest BCUT2D eigenvalue weighted by Gasteiger charge is 2.42. The van der Waals surface area contributed by atoms with E-state index in [1.165, 1.54) is 25.1 Å². The number of phenols is 1. The van der Waals surface area contributed by atoms with Crippen LogP contribution in [0, 0.1) is 11.7 Å². The zero-order valence-electron chi connectivity index (χ0n) is 14.9. The van der Waals surface area contributed by atoms with E-state index in [2.05, 4.69) is 0 Å². The van der Waals surface area contributed by atoms with Gasteiger partial charge in [-0.2, -0.15) is 0 Å². The van der Waals surface area contributed by atoms with E-state index in [0.717, 1.165) is 24.1 Å². The Balaban J connectivity index is 1.74. The topological polar surface area (TPSA) is 66.8 Å². The minimum Gasteiger partial charge on any atom is -0.508 e. The fourth-order valence-corrected chi connectivity index (χ4v) is 3.58. The van der Waals surface area contributed by atoms with Gasteiger partial charge in [0.05, 0.1) is 5.92 Å². The molecular formula is C21H20FNO4. The van der Waals surface area contributed by atoms with E-state index < -0.39 is 11.9 Å². The van der Waals surface area contributed by atoms with Crippen LogP contribution in [0.4, 0.5) is 10.1 Å². The summed E-state index contributed by atoms with van der Waals surface area (Å²) in [6.45, 7) is 1.32. The van der Waals surface area contributed by atoms with Crippen molar-refractivity contribution in [1.29, 1.82) is 0 Å². The summed E-state index contributed by atoms with van der Waals surface area (Å²) in [7, 11) is 0. The number of amides is 1. The Morgan fingerprint density at radius 2 is 1.96 bits per heavy atom. The number of phenolic OH excluding ortho intramolecular Hbond substituents is 1. The molecule has 0 aromatic heterocycles. The number of hydrogen-bond donors (Lipinski definition) is 1. The van der Waals surface area contributed by atoms with Crippen LogP contribution < -0.4 is 4.90 Å². The smallest absolute Gasteiger partial charge is 0.302 e. The summed E-state index contributed by atoms with van der Waals surface area (Å²) in [4.78, 5) is 25.8. The number of anilines is 1. The maximum Gasteiger partial charge on any atom is 0.302 e. The van der Waals surface area contributed by atoms with Crippen LogP contribution in [0.15, 0.2) is 36.4 Å². The summed E-state index contributed by atoms with van der Waals surface area (Å²) in [5, 5.41) is 9.46. The summed E-state index contributed by atoms with van der Waals surface area (Å²) < 4.78 is 19.8. The first-order valence-electron chi connectivity index (χ1n) is 9.02. The van der Waals surface area contributed by atoms with Gasteiger partial charge >= 0.3 is 5.97 Å². The Morgan fingerprint density at radius 3 is 2.59 bits per heavy atom. The Kier molecular flexibility index (Phi) is 4.34. The molecule has 4 rings (SSSR count). The maximum atomic E-state index is 14.8. The molecule has 1 aliphatic carbocycles. The molecule has 0 radical (unpaired) electrons. The summed E-state index contributed by atoms with van der Waals surface area (Å²) in [5.41, 5.74) is 2.51. The van der Waals surface area contributed by atoms with Crippen LogP contribution in [0.5, 0.6) is 5.75 Å². The zero-order chi connectivity index (χ0) is 19.1. The lowest BCUT2D eigenvalue weighted by Gasteiger charge is -2.34. The first-order chi connectivity index (χ1) is 12.9. The van der Waals surface area contributed by atoms with Crippen molar-refractivity contribution >= 4 is 17.6 Å². The van der Waals surface area contributed by atoms with E-state index in [9.17, 15) is 19.1 Å². The molecule has 1 N–H and O–H groups in total. The van der Waals surface area contributed by atoms with E-state index in [1.54, 1.807) is 23.1 Å². The van der Waals surface area contributed by atoms with Gasteiger partial charge in [0.15, 0.2) is 0 Å². The van der Waals surface area contributed by atoms with Gasteiger partial charge in [0.25, 0.3) is 0 Å². The van der Waals surface area contributed by atoms with Crippen LogP contribution in [-0.4, -0.2) is 29.6 Å². The first-order valence-corrected chi connectivity index (χ1v) is 9.02. The number of halogens is 1. The maximum absolute atomic E-state index is 14.8. The highest BCUT2D eigenvalue weighted by Crippen LogP contribution is 2.42. The number of benzene rings is 2. The van der Waals surface area contributed by atoms with E-state index in [-0.39, 0.29) is 30.1 Å². The van der Waals surface area contributed by atoms with Crippen LogP contribution >= 0.6 is 0 Å². The van der Waals surface area contributed by atoms with E-state index in [0.29, 0.717) is 17.5 Å². The Bertz CT molecular complexity index is 905. The van der Waals surface area contributed by atoms with Gasteiger partial charge in [0.1, 0.15) is 18.2 Å². The molecule has 6 heteroatoms. The molecule has 2 aromatic carbocycles. The molecule has 27 heavy (non-hydrogen) atoms. The van der Waals surface area contributed by atoms with Gasteiger partial charge in [-0.15, -0.1) is 0 Å². The molecule has 5 nitrogen and oxygen atoms in total. The van der Waals surface area contributed by atoms with E-state index >= 15 is 0 Å². The summed E-state index contributed by atoms with van der Waals surface area (Å²) in [6.07, 6.45) is 2.17. The third-order valence-electron chi connectivity index (χ3n) is 5.06. The summed E-state index contributed by atoms with van der Waals surface area (Å²) in [6, 6.07) is 9.62. The molecule has 1 aliphatic heterocycles.